The summed E-state index contributed by atoms with van der Waals surface area (Å²) in [4.78, 5) is 0. The van der Waals surface area contributed by atoms with E-state index in [0.29, 0.717) is 27.8 Å². The SMILES string of the molecule is COc1cc(C(C)C)c(Cl)c(-c2cc(N)on2)c1OC. The Kier molecular flexibility index (Phi) is 4.09. The van der Waals surface area contributed by atoms with Crippen LogP contribution in [0.1, 0.15) is 25.3 Å². The van der Waals surface area contributed by atoms with Crippen LogP contribution in [0, 0.1) is 0 Å². The number of halogens is 1. The Morgan fingerprint density at radius 1 is 1.25 bits per heavy atom. The van der Waals surface area contributed by atoms with Crippen LogP contribution >= 0.6 is 11.6 Å². The maximum absolute atomic E-state index is 6.50. The molecule has 1 heterocycles. The van der Waals surface area contributed by atoms with Crippen LogP contribution in [0.15, 0.2) is 16.7 Å². The molecule has 5 nitrogen and oxygen atoms in total. The third-order valence-electron chi connectivity index (χ3n) is 3.04. The number of aromatic nitrogens is 1. The molecular formula is C14H17ClN2O3. The first-order valence-electron chi connectivity index (χ1n) is 6.16. The van der Waals surface area contributed by atoms with Crippen molar-refractivity contribution >= 4 is 17.5 Å². The van der Waals surface area contributed by atoms with Crippen molar-refractivity contribution in [1.82, 2.24) is 5.16 Å². The smallest absolute Gasteiger partial charge is 0.222 e. The molecule has 6 heteroatoms. The first-order chi connectivity index (χ1) is 9.49. The molecule has 0 radical (unpaired) electrons. The van der Waals surface area contributed by atoms with Crippen molar-refractivity contribution in [2.24, 2.45) is 0 Å². The standard InChI is InChI=1S/C14H17ClN2O3/c1-7(2)8-5-10(18-3)14(19-4)12(13(8)15)9-6-11(16)20-17-9/h5-7H,16H2,1-4H3. The summed E-state index contributed by atoms with van der Waals surface area (Å²) in [5.74, 6) is 1.55. The lowest BCUT2D eigenvalue weighted by atomic mass is 9.97. The second-order valence-electron chi connectivity index (χ2n) is 4.66. The molecule has 0 spiro atoms. The zero-order valence-electron chi connectivity index (χ0n) is 11.9. The molecule has 0 atom stereocenters. The van der Waals surface area contributed by atoms with Crippen molar-refractivity contribution in [2.75, 3.05) is 20.0 Å². The lowest BCUT2D eigenvalue weighted by Crippen LogP contribution is -1.99. The number of benzene rings is 1. The molecule has 0 bridgehead atoms. The van der Waals surface area contributed by atoms with Crippen molar-refractivity contribution in [2.45, 2.75) is 19.8 Å². The van der Waals surface area contributed by atoms with Crippen molar-refractivity contribution in [3.05, 3.63) is 22.7 Å². The maximum Gasteiger partial charge on any atom is 0.222 e. The fourth-order valence-electron chi connectivity index (χ4n) is 2.05. The highest BCUT2D eigenvalue weighted by Gasteiger charge is 2.23. The predicted molar refractivity (Wildman–Crippen MR) is 78.6 cm³/mol. The second-order valence-corrected chi connectivity index (χ2v) is 5.04. The summed E-state index contributed by atoms with van der Waals surface area (Å²) in [5.41, 5.74) is 7.67. The molecule has 2 rings (SSSR count). The number of nitrogens with zero attached hydrogens (tertiary/aromatic N) is 1. The third kappa shape index (κ3) is 2.41. The van der Waals surface area contributed by atoms with Gasteiger partial charge < -0.3 is 19.7 Å². The minimum Gasteiger partial charge on any atom is -0.493 e. The van der Waals surface area contributed by atoms with Gasteiger partial charge in [0.25, 0.3) is 0 Å². The Balaban J connectivity index is 2.78. The molecular weight excluding hydrogens is 280 g/mol. The molecule has 108 valence electrons. The van der Waals surface area contributed by atoms with Crippen molar-refractivity contribution in [1.29, 1.82) is 0 Å². The second kappa shape index (κ2) is 5.63. The lowest BCUT2D eigenvalue weighted by Gasteiger charge is -2.18. The summed E-state index contributed by atoms with van der Waals surface area (Å²) in [6.07, 6.45) is 0. The van der Waals surface area contributed by atoms with Gasteiger partial charge in [0.05, 0.1) is 24.8 Å². The Hall–Kier alpha value is -1.88. The van der Waals surface area contributed by atoms with Gasteiger partial charge in [-0.15, -0.1) is 0 Å². The first-order valence-corrected chi connectivity index (χ1v) is 6.54. The van der Waals surface area contributed by atoms with Crippen molar-refractivity contribution in [3.8, 4) is 22.8 Å². The van der Waals surface area contributed by atoms with E-state index in [1.165, 1.54) is 0 Å². The average molecular weight is 297 g/mol. The molecule has 0 saturated carbocycles. The maximum atomic E-state index is 6.50. The van der Waals surface area contributed by atoms with E-state index in [0.717, 1.165) is 5.56 Å². The van der Waals surface area contributed by atoms with Gasteiger partial charge in [0, 0.05) is 6.07 Å². The van der Waals surface area contributed by atoms with Crippen LogP contribution in [-0.2, 0) is 0 Å². The Morgan fingerprint density at radius 3 is 2.40 bits per heavy atom. The molecule has 20 heavy (non-hydrogen) atoms. The summed E-state index contributed by atoms with van der Waals surface area (Å²) < 4.78 is 15.7. The van der Waals surface area contributed by atoms with Gasteiger partial charge in [-0.3, -0.25) is 0 Å². The van der Waals surface area contributed by atoms with Gasteiger partial charge in [0.1, 0.15) is 5.69 Å². The summed E-state index contributed by atoms with van der Waals surface area (Å²) in [5, 5.41) is 4.47. The average Bonchev–Trinajstić information content (AvgIpc) is 2.83. The van der Waals surface area contributed by atoms with E-state index in [1.807, 2.05) is 19.9 Å². The first kappa shape index (κ1) is 14.5. The van der Waals surface area contributed by atoms with Crippen LogP contribution in [0.2, 0.25) is 5.02 Å². The molecule has 1 aromatic heterocycles. The van der Waals surface area contributed by atoms with Crippen LogP contribution in [0.4, 0.5) is 5.88 Å². The van der Waals surface area contributed by atoms with Gasteiger partial charge in [-0.1, -0.05) is 30.6 Å². The quantitative estimate of drug-likeness (QED) is 0.931. The number of ether oxygens (including phenoxy) is 2. The zero-order valence-corrected chi connectivity index (χ0v) is 12.6. The van der Waals surface area contributed by atoms with E-state index in [2.05, 4.69) is 5.16 Å². The minimum atomic E-state index is 0.215. The molecule has 0 saturated heterocycles. The molecule has 0 amide bonds. The largest absolute Gasteiger partial charge is 0.493 e. The fourth-order valence-corrected chi connectivity index (χ4v) is 2.50. The molecule has 2 aromatic rings. The number of hydrogen-bond donors (Lipinski definition) is 1. The number of anilines is 1. The lowest BCUT2D eigenvalue weighted by molar-refractivity contribution is 0.355. The highest BCUT2D eigenvalue weighted by molar-refractivity contribution is 6.34. The van der Waals surface area contributed by atoms with Gasteiger partial charge >= 0.3 is 0 Å². The Morgan fingerprint density at radius 2 is 1.95 bits per heavy atom. The predicted octanol–water partition coefficient (Wildman–Crippen LogP) is 3.72. The van der Waals surface area contributed by atoms with E-state index in [-0.39, 0.29) is 11.8 Å². The van der Waals surface area contributed by atoms with Gasteiger partial charge in [-0.05, 0) is 17.5 Å². The van der Waals surface area contributed by atoms with Gasteiger partial charge in [0.2, 0.25) is 5.88 Å². The summed E-state index contributed by atoms with van der Waals surface area (Å²) in [7, 11) is 3.13. The minimum absolute atomic E-state index is 0.215. The fraction of sp³-hybridized carbons (Fsp3) is 0.357. The molecule has 0 unspecified atom stereocenters. The monoisotopic (exact) mass is 296 g/mol. The highest BCUT2D eigenvalue weighted by atomic mass is 35.5. The number of methoxy groups -OCH3 is 2. The number of nitrogens with two attached hydrogens (primary N) is 1. The van der Waals surface area contributed by atoms with E-state index < -0.39 is 0 Å². The summed E-state index contributed by atoms with van der Waals surface area (Å²) in [6.45, 7) is 4.10. The van der Waals surface area contributed by atoms with E-state index in [4.69, 9.17) is 31.3 Å². The van der Waals surface area contributed by atoms with Crippen LogP contribution in [-0.4, -0.2) is 19.4 Å². The van der Waals surface area contributed by atoms with Crippen LogP contribution < -0.4 is 15.2 Å². The zero-order chi connectivity index (χ0) is 14.9. The summed E-state index contributed by atoms with van der Waals surface area (Å²) in [6, 6.07) is 3.48. The molecule has 0 aliphatic heterocycles. The Labute approximate surface area is 122 Å². The van der Waals surface area contributed by atoms with Crippen LogP contribution in [0.3, 0.4) is 0 Å². The van der Waals surface area contributed by atoms with Gasteiger partial charge in [-0.2, -0.15) is 0 Å². The van der Waals surface area contributed by atoms with Gasteiger partial charge in [-0.25, -0.2) is 0 Å². The Bertz CT molecular complexity index is 623. The molecule has 0 aliphatic rings. The van der Waals surface area contributed by atoms with E-state index >= 15 is 0 Å². The molecule has 0 aliphatic carbocycles. The van der Waals surface area contributed by atoms with Crippen LogP contribution in [0.5, 0.6) is 11.5 Å². The molecule has 1 aromatic carbocycles. The number of nitrogen functional groups attached to an aromatic ring is 1. The van der Waals surface area contributed by atoms with Crippen LogP contribution in [0.25, 0.3) is 11.3 Å². The number of hydrogen-bond acceptors (Lipinski definition) is 5. The molecule has 2 N–H and O–H groups in total. The third-order valence-corrected chi connectivity index (χ3v) is 3.45. The topological polar surface area (TPSA) is 70.5 Å². The van der Waals surface area contributed by atoms with Crippen molar-refractivity contribution in [3.63, 3.8) is 0 Å². The van der Waals surface area contributed by atoms with E-state index in [1.54, 1.807) is 20.3 Å². The molecule has 0 fully saturated rings. The van der Waals surface area contributed by atoms with Crippen molar-refractivity contribution < 1.29 is 14.0 Å². The highest BCUT2D eigenvalue weighted by Crippen LogP contribution is 2.46. The number of rotatable bonds is 4. The van der Waals surface area contributed by atoms with Gasteiger partial charge in [0.15, 0.2) is 11.5 Å². The normalized spacial score (nSPS) is 10.9. The summed E-state index contributed by atoms with van der Waals surface area (Å²) >= 11 is 6.50. The van der Waals surface area contributed by atoms with E-state index in [9.17, 15) is 0 Å².